The lowest BCUT2D eigenvalue weighted by atomic mass is 9.60. The van der Waals surface area contributed by atoms with Crippen LogP contribution in [-0.4, -0.2) is 17.8 Å². The Bertz CT molecular complexity index is 269. The molecule has 1 atom stereocenters. The summed E-state index contributed by atoms with van der Waals surface area (Å²) in [5.41, 5.74) is 6.58. The van der Waals surface area contributed by atoms with Gasteiger partial charge in [0.25, 0.3) is 0 Å². The molecule has 0 aliphatic heterocycles. The summed E-state index contributed by atoms with van der Waals surface area (Å²) in [5, 5.41) is 11.0. The monoisotopic (exact) mass is 267 g/mol. The van der Waals surface area contributed by atoms with Gasteiger partial charge in [0, 0.05) is 12.0 Å². The highest BCUT2D eigenvalue weighted by atomic mass is 16.3. The van der Waals surface area contributed by atoms with Gasteiger partial charge >= 0.3 is 0 Å². The lowest BCUT2D eigenvalue weighted by Gasteiger charge is -2.47. The Labute approximate surface area is 119 Å². The van der Waals surface area contributed by atoms with Crippen molar-refractivity contribution in [2.45, 2.75) is 84.2 Å². The van der Waals surface area contributed by atoms with Crippen molar-refractivity contribution in [2.24, 2.45) is 22.5 Å². The molecule has 0 saturated heterocycles. The summed E-state index contributed by atoms with van der Waals surface area (Å²) in [6, 6.07) is 0. The molecule has 112 valence electrons. The van der Waals surface area contributed by atoms with Gasteiger partial charge in [-0.25, -0.2) is 0 Å². The van der Waals surface area contributed by atoms with Crippen LogP contribution in [0.25, 0.3) is 0 Å². The van der Waals surface area contributed by atoms with Crippen molar-refractivity contribution >= 4 is 0 Å². The third kappa shape index (κ3) is 3.52. The molecule has 0 aromatic rings. The standard InChI is InChI=1S/C17H33NO/c1-16(2)9-11-17(13-18,12-10-16)15(19)14-7-5-3-4-6-8-14/h14-15,19H,3-13,18H2,1-2H3. The molecule has 2 saturated carbocycles. The molecule has 0 heterocycles. The summed E-state index contributed by atoms with van der Waals surface area (Å²) in [5.74, 6) is 0.507. The average molecular weight is 267 g/mol. The first-order valence-corrected chi connectivity index (χ1v) is 8.37. The van der Waals surface area contributed by atoms with Crippen LogP contribution in [-0.2, 0) is 0 Å². The molecule has 0 aromatic carbocycles. The van der Waals surface area contributed by atoms with E-state index in [9.17, 15) is 5.11 Å². The second-order valence-corrected chi connectivity index (χ2v) is 7.93. The van der Waals surface area contributed by atoms with Crippen molar-refractivity contribution < 1.29 is 5.11 Å². The van der Waals surface area contributed by atoms with Crippen LogP contribution in [0.4, 0.5) is 0 Å². The van der Waals surface area contributed by atoms with E-state index in [0.717, 1.165) is 12.8 Å². The fourth-order valence-corrected chi connectivity index (χ4v) is 4.17. The van der Waals surface area contributed by atoms with E-state index in [0.29, 0.717) is 17.9 Å². The van der Waals surface area contributed by atoms with Crippen LogP contribution in [0.2, 0.25) is 0 Å². The Morgan fingerprint density at radius 3 is 2.00 bits per heavy atom. The molecule has 19 heavy (non-hydrogen) atoms. The van der Waals surface area contributed by atoms with E-state index in [1.54, 1.807) is 0 Å². The van der Waals surface area contributed by atoms with Crippen LogP contribution in [0, 0.1) is 16.7 Å². The van der Waals surface area contributed by atoms with E-state index in [-0.39, 0.29) is 11.5 Å². The smallest absolute Gasteiger partial charge is 0.0636 e. The van der Waals surface area contributed by atoms with Crippen molar-refractivity contribution in [1.82, 2.24) is 0 Å². The van der Waals surface area contributed by atoms with Crippen molar-refractivity contribution in [3.05, 3.63) is 0 Å². The van der Waals surface area contributed by atoms with E-state index in [2.05, 4.69) is 13.8 Å². The first-order valence-electron chi connectivity index (χ1n) is 8.37. The number of rotatable bonds is 3. The van der Waals surface area contributed by atoms with E-state index < -0.39 is 0 Å². The molecule has 0 bridgehead atoms. The minimum Gasteiger partial charge on any atom is -0.392 e. The van der Waals surface area contributed by atoms with Gasteiger partial charge < -0.3 is 10.8 Å². The summed E-state index contributed by atoms with van der Waals surface area (Å²) >= 11 is 0. The molecular weight excluding hydrogens is 234 g/mol. The summed E-state index contributed by atoms with van der Waals surface area (Å²) < 4.78 is 0. The van der Waals surface area contributed by atoms with Gasteiger partial charge in [-0.1, -0.05) is 39.5 Å². The normalized spacial score (nSPS) is 29.7. The van der Waals surface area contributed by atoms with Crippen molar-refractivity contribution in [3.63, 3.8) is 0 Å². The maximum atomic E-state index is 11.0. The summed E-state index contributed by atoms with van der Waals surface area (Å²) in [6.45, 7) is 5.37. The van der Waals surface area contributed by atoms with Crippen molar-refractivity contribution in [1.29, 1.82) is 0 Å². The second kappa shape index (κ2) is 6.13. The molecule has 0 amide bonds. The van der Waals surface area contributed by atoms with Gasteiger partial charge in [0.1, 0.15) is 0 Å². The zero-order chi connectivity index (χ0) is 13.9. The largest absolute Gasteiger partial charge is 0.392 e. The summed E-state index contributed by atoms with van der Waals surface area (Å²) in [7, 11) is 0. The molecule has 2 fully saturated rings. The average Bonchev–Trinajstić information content (AvgIpc) is 2.67. The van der Waals surface area contributed by atoms with Crippen molar-refractivity contribution in [2.75, 3.05) is 6.54 Å². The Morgan fingerprint density at radius 2 is 1.53 bits per heavy atom. The van der Waals surface area contributed by atoms with E-state index >= 15 is 0 Å². The first kappa shape index (κ1) is 15.3. The molecule has 2 rings (SSSR count). The highest BCUT2D eigenvalue weighted by molar-refractivity contribution is 4.96. The van der Waals surface area contributed by atoms with Gasteiger partial charge in [-0.2, -0.15) is 0 Å². The molecule has 0 radical (unpaired) electrons. The fourth-order valence-electron chi connectivity index (χ4n) is 4.17. The lowest BCUT2D eigenvalue weighted by molar-refractivity contribution is -0.0578. The molecule has 0 spiro atoms. The lowest BCUT2D eigenvalue weighted by Crippen LogP contribution is -2.49. The van der Waals surface area contributed by atoms with Gasteiger partial charge in [-0.05, 0) is 49.9 Å². The topological polar surface area (TPSA) is 46.2 Å². The zero-order valence-electron chi connectivity index (χ0n) is 13.0. The maximum absolute atomic E-state index is 11.0. The molecular formula is C17H33NO. The molecule has 0 aromatic heterocycles. The molecule has 2 aliphatic carbocycles. The third-order valence-electron chi connectivity index (χ3n) is 5.98. The number of aliphatic hydroxyl groups is 1. The number of hydrogen-bond acceptors (Lipinski definition) is 2. The maximum Gasteiger partial charge on any atom is 0.0636 e. The van der Waals surface area contributed by atoms with Crippen LogP contribution < -0.4 is 5.73 Å². The SMILES string of the molecule is CC1(C)CCC(CN)(C(O)C2CCCCCC2)CC1. The molecule has 3 N–H and O–H groups in total. The summed E-state index contributed by atoms with van der Waals surface area (Å²) in [6.07, 6.45) is 12.2. The highest BCUT2D eigenvalue weighted by Crippen LogP contribution is 2.49. The van der Waals surface area contributed by atoms with Crippen LogP contribution >= 0.6 is 0 Å². The van der Waals surface area contributed by atoms with Crippen LogP contribution in [0.1, 0.15) is 78.1 Å². The Kier molecular flexibility index (Phi) is 4.94. The Morgan fingerprint density at radius 1 is 1.00 bits per heavy atom. The number of aliphatic hydroxyl groups excluding tert-OH is 1. The van der Waals surface area contributed by atoms with Crippen LogP contribution in [0.15, 0.2) is 0 Å². The Balaban J connectivity index is 2.03. The predicted molar refractivity (Wildman–Crippen MR) is 80.9 cm³/mol. The second-order valence-electron chi connectivity index (χ2n) is 7.93. The van der Waals surface area contributed by atoms with Gasteiger partial charge in [0.05, 0.1) is 6.10 Å². The van der Waals surface area contributed by atoms with Crippen LogP contribution in [0.3, 0.4) is 0 Å². The Hall–Kier alpha value is -0.0800. The molecule has 2 heteroatoms. The van der Waals surface area contributed by atoms with Crippen molar-refractivity contribution in [3.8, 4) is 0 Å². The first-order chi connectivity index (χ1) is 8.99. The van der Waals surface area contributed by atoms with Gasteiger partial charge in [-0.15, -0.1) is 0 Å². The van der Waals surface area contributed by atoms with E-state index in [1.807, 2.05) is 0 Å². The summed E-state index contributed by atoms with van der Waals surface area (Å²) in [4.78, 5) is 0. The molecule has 1 unspecified atom stereocenters. The number of hydrogen-bond donors (Lipinski definition) is 2. The minimum absolute atomic E-state index is 0.0184. The highest BCUT2D eigenvalue weighted by Gasteiger charge is 2.44. The van der Waals surface area contributed by atoms with Gasteiger partial charge in [-0.3, -0.25) is 0 Å². The van der Waals surface area contributed by atoms with Crippen LogP contribution in [0.5, 0.6) is 0 Å². The minimum atomic E-state index is -0.160. The molecule has 2 aliphatic rings. The van der Waals surface area contributed by atoms with E-state index in [4.69, 9.17) is 5.73 Å². The fraction of sp³-hybridized carbons (Fsp3) is 1.00. The zero-order valence-corrected chi connectivity index (χ0v) is 13.0. The quantitative estimate of drug-likeness (QED) is 0.763. The third-order valence-corrected chi connectivity index (χ3v) is 5.98. The number of nitrogens with two attached hydrogens (primary N) is 1. The predicted octanol–water partition coefficient (Wildman–Crippen LogP) is 3.86. The van der Waals surface area contributed by atoms with Gasteiger partial charge in [0.2, 0.25) is 0 Å². The van der Waals surface area contributed by atoms with Gasteiger partial charge in [0.15, 0.2) is 0 Å². The van der Waals surface area contributed by atoms with E-state index in [1.165, 1.54) is 51.4 Å². The molecule has 2 nitrogen and oxygen atoms in total.